The largest absolute Gasteiger partial charge is 0.320 e. The molecular weight excluding hydrogens is 266 g/mol. The van der Waals surface area contributed by atoms with E-state index in [4.69, 9.17) is 0 Å². The summed E-state index contributed by atoms with van der Waals surface area (Å²) in [6.45, 7) is 7.77. The molecule has 1 heteroatoms. The maximum Gasteiger partial charge on any atom is -0.00460 e. The zero-order chi connectivity index (χ0) is 15.9. The summed E-state index contributed by atoms with van der Waals surface area (Å²) in [7, 11) is 2.03. The van der Waals surface area contributed by atoms with Gasteiger partial charge in [0.05, 0.1) is 0 Å². The van der Waals surface area contributed by atoms with Gasteiger partial charge in [-0.3, -0.25) is 0 Å². The molecule has 0 aliphatic rings. The molecule has 0 aromatic heterocycles. The van der Waals surface area contributed by atoms with E-state index in [1.54, 1.807) is 0 Å². The number of hydrogen-bond donors (Lipinski definition) is 1. The van der Waals surface area contributed by atoms with Gasteiger partial charge in [-0.25, -0.2) is 0 Å². The van der Waals surface area contributed by atoms with Crippen molar-refractivity contribution in [1.82, 2.24) is 5.32 Å². The molecule has 2 aromatic carbocycles. The summed E-state index contributed by atoms with van der Waals surface area (Å²) >= 11 is 0. The van der Waals surface area contributed by atoms with Crippen molar-refractivity contribution in [2.24, 2.45) is 0 Å². The van der Waals surface area contributed by atoms with E-state index in [-0.39, 0.29) is 0 Å². The maximum absolute atomic E-state index is 3.30. The molecule has 0 aliphatic carbocycles. The van der Waals surface area contributed by atoms with Crippen LogP contribution in [0, 0.1) is 6.92 Å². The molecule has 22 heavy (non-hydrogen) atoms. The Labute approximate surface area is 135 Å². The van der Waals surface area contributed by atoms with Gasteiger partial charge >= 0.3 is 0 Å². The Morgan fingerprint density at radius 2 is 1.55 bits per heavy atom. The second-order valence-corrected chi connectivity index (χ2v) is 6.54. The molecule has 0 heterocycles. The highest BCUT2D eigenvalue weighted by molar-refractivity contribution is 5.31. The van der Waals surface area contributed by atoms with Crippen LogP contribution in [0.4, 0.5) is 0 Å². The highest BCUT2D eigenvalue weighted by atomic mass is 14.8. The standard InChI is InChI=1S/C21H29N/c1-16(2)18-9-11-19(12-10-18)21(13-14-22-4)15-20-8-6-5-7-17(20)3/h5-12,16,21-22H,13-15H2,1-4H3. The predicted octanol–water partition coefficient (Wildman–Crippen LogP) is 5.05. The molecule has 2 rings (SSSR count). The van der Waals surface area contributed by atoms with Crippen LogP contribution in [0.2, 0.25) is 0 Å². The van der Waals surface area contributed by atoms with Gasteiger partial charge in [-0.05, 0) is 67.4 Å². The molecule has 0 amide bonds. The van der Waals surface area contributed by atoms with Gasteiger partial charge in [-0.2, -0.15) is 0 Å². The summed E-state index contributed by atoms with van der Waals surface area (Å²) in [4.78, 5) is 0. The first-order chi connectivity index (χ1) is 10.6. The van der Waals surface area contributed by atoms with Gasteiger partial charge in [0, 0.05) is 0 Å². The van der Waals surface area contributed by atoms with Gasteiger partial charge in [0.2, 0.25) is 0 Å². The quantitative estimate of drug-likeness (QED) is 0.753. The van der Waals surface area contributed by atoms with Gasteiger partial charge in [0.25, 0.3) is 0 Å². The third kappa shape index (κ3) is 4.45. The fourth-order valence-electron chi connectivity index (χ4n) is 2.96. The molecule has 0 saturated heterocycles. The summed E-state index contributed by atoms with van der Waals surface area (Å²) in [6, 6.07) is 18.0. The van der Waals surface area contributed by atoms with Crippen LogP contribution in [0.25, 0.3) is 0 Å². The van der Waals surface area contributed by atoms with E-state index in [2.05, 4.69) is 74.6 Å². The maximum atomic E-state index is 3.30. The Kier molecular flexibility index (Phi) is 6.21. The van der Waals surface area contributed by atoms with Crippen LogP contribution < -0.4 is 5.32 Å². The predicted molar refractivity (Wildman–Crippen MR) is 96.7 cm³/mol. The van der Waals surface area contributed by atoms with Crippen LogP contribution in [0.1, 0.15) is 54.4 Å². The molecule has 1 atom stereocenters. The minimum Gasteiger partial charge on any atom is -0.320 e. The first kappa shape index (κ1) is 16.8. The van der Waals surface area contributed by atoms with Crippen LogP contribution in [-0.4, -0.2) is 13.6 Å². The zero-order valence-corrected chi connectivity index (χ0v) is 14.4. The van der Waals surface area contributed by atoms with Crippen molar-refractivity contribution in [3.63, 3.8) is 0 Å². The first-order valence-electron chi connectivity index (χ1n) is 8.40. The molecule has 0 radical (unpaired) electrons. The minimum absolute atomic E-state index is 0.578. The third-order valence-electron chi connectivity index (χ3n) is 4.54. The summed E-state index contributed by atoms with van der Waals surface area (Å²) in [5.41, 5.74) is 5.75. The van der Waals surface area contributed by atoms with E-state index >= 15 is 0 Å². The molecule has 0 aliphatic heterocycles. The molecule has 1 unspecified atom stereocenters. The fraction of sp³-hybridized carbons (Fsp3) is 0.429. The van der Waals surface area contributed by atoms with Crippen molar-refractivity contribution in [3.05, 3.63) is 70.8 Å². The Hall–Kier alpha value is -1.60. The second kappa shape index (κ2) is 8.14. The molecule has 2 aromatic rings. The number of rotatable bonds is 7. The van der Waals surface area contributed by atoms with Gasteiger partial charge in [0.1, 0.15) is 0 Å². The summed E-state index contributed by atoms with van der Waals surface area (Å²) in [5.74, 6) is 1.18. The topological polar surface area (TPSA) is 12.0 Å². The normalized spacial score (nSPS) is 12.6. The van der Waals surface area contributed by atoms with Crippen LogP contribution in [0.15, 0.2) is 48.5 Å². The number of benzene rings is 2. The lowest BCUT2D eigenvalue weighted by Gasteiger charge is -2.19. The van der Waals surface area contributed by atoms with Crippen LogP contribution in [0.5, 0.6) is 0 Å². The Morgan fingerprint density at radius 3 is 2.14 bits per heavy atom. The Bertz CT molecular complexity index is 569. The van der Waals surface area contributed by atoms with E-state index in [1.807, 2.05) is 7.05 Å². The van der Waals surface area contributed by atoms with E-state index in [1.165, 1.54) is 28.7 Å². The van der Waals surface area contributed by atoms with Gasteiger partial charge in [0.15, 0.2) is 0 Å². The van der Waals surface area contributed by atoms with Gasteiger partial charge in [-0.15, -0.1) is 0 Å². The molecule has 0 fully saturated rings. The highest BCUT2D eigenvalue weighted by Crippen LogP contribution is 2.27. The van der Waals surface area contributed by atoms with Gasteiger partial charge in [-0.1, -0.05) is 62.4 Å². The van der Waals surface area contributed by atoms with Crippen molar-refractivity contribution in [1.29, 1.82) is 0 Å². The average Bonchev–Trinajstić information content (AvgIpc) is 2.53. The smallest absolute Gasteiger partial charge is 0.00460 e. The number of nitrogens with one attached hydrogen (secondary N) is 1. The third-order valence-corrected chi connectivity index (χ3v) is 4.54. The Morgan fingerprint density at radius 1 is 0.909 bits per heavy atom. The number of hydrogen-bond acceptors (Lipinski definition) is 1. The average molecular weight is 295 g/mol. The lowest BCUT2D eigenvalue weighted by atomic mass is 9.87. The summed E-state index contributed by atoms with van der Waals surface area (Å²) in [5, 5.41) is 3.30. The van der Waals surface area contributed by atoms with Crippen LogP contribution in [0.3, 0.4) is 0 Å². The summed E-state index contributed by atoms with van der Waals surface area (Å²) < 4.78 is 0. The van der Waals surface area contributed by atoms with E-state index in [0.717, 1.165) is 13.0 Å². The fourth-order valence-corrected chi connectivity index (χ4v) is 2.96. The lowest BCUT2D eigenvalue weighted by Crippen LogP contribution is -2.14. The van der Waals surface area contributed by atoms with E-state index in [0.29, 0.717) is 11.8 Å². The van der Waals surface area contributed by atoms with Crippen molar-refractivity contribution >= 4 is 0 Å². The zero-order valence-electron chi connectivity index (χ0n) is 14.4. The molecular formula is C21H29N. The molecule has 0 bridgehead atoms. The first-order valence-corrected chi connectivity index (χ1v) is 8.40. The van der Waals surface area contributed by atoms with Crippen LogP contribution >= 0.6 is 0 Å². The van der Waals surface area contributed by atoms with Crippen LogP contribution in [-0.2, 0) is 6.42 Å². The second-order valence-electron chi connectivity index (χ2n) is 6.54. The van der Waals surface area contributed by atoms with Crippen molar-refractivity contribution in [2.75, 3.05) is 13.6 Å². The molecule has 1 N–H and O–H groups in total. The van der Waals surface area contributed by atoms with Crippen molar-refractivity contribution < 1.29 is 0 Å². The van der Waals surface area contributed by atoms with E-state index < -0.39 is 0 Å². The Balaban J connectivity index is 2.20. The molecule has 0 saturated carbocycles. The lowest BCUT2D eigenvalue weighted by molar-refractivity contribution is 0.591. The summed E-state index contributed by atoms with van der Waals surface area (Å²) in [6.07, 6.45) is 2.29. The highest BCUT2D eigenvalue weighted by Gasteiger charge is 2.13. The molecule has 0 spiro atoms. The monoisotopic (exact) mass is 295 g/mol. The van der Waals surface area contributed by atoms with E-state index in [9.17, 15) is 0 Å². The van der Waals surface area contributed by atoms with Gasteiger partial charge < -0.3 is 5.32 Å². The van der Waals surface area contributed by atoms with Crippen molar-refractivity contribution in [2.45, 2.75) is 45.4 Å². The number of aryl methyl sites for hydroxylation is 1. The minimum atomic E-state index is 0.578. The van der Waals surface area contributed by atoms with Crippen molar-refractivity contribution in [3.8, 4) is 0 Å². The molecule has 118 valence electrons. The molecule has 1 nitrogen and oxygen atoms in total. The SMILES string of the molecule is CNCCC(Cc1ccccc1C)c1ccc(C(C)C)cc1.